The highest BCUT2D eigenvalue weighted by Crippen LogP contribution is 2.52. The first-order chi connectivity index (χ1) is 14.9. The minimum Gasteiger partial charge on any atom is -0.299 e. The van der Waals surface area contributed by atoms with E-state index in [1.165, 1.54) is 14.6 Å². The van der Waals surface area contributed by atoms with Crippen LogP contribution >= 0.6 is 0 Å². The maximum atomic E-state index is 12.8. The van der Waals surface area contributed by atoms with Gasteiger partial charge < -0.3 is 0 Å². The molecular weight excluding hydrogens is 414 g/mol. The second-order valence-corrected chi connectivity index (χ2v) is 10.6. The van der Waals surface area contributed by atoms with E-state index in [4.69, 9.17) is 0 Å². The average molecular weight is 442 g/mol. The van der Waals surface area contributed by atoms with Crippen molar-refractivity contribution in [2.24, 2.45) is 23.7 Å². The third kappa shape index (κ3) is 3.77. The highest BCUT2D eigenvalue weighted by atomic mass is 32.2. The SMILES string of the molecule is O=C1[C@@H]2[C@H](C(=O)N1CCN1CCN(S(=O)(=O)/C=C\c3ccccc3)CC1)[C@H]1C=C[C@H]2C1. The topological polar surface area (TPSA) is 78.0 Å². The van der Waals surface area contributed by atoms with Gasteiger partial charge in [-0.25, -0.2) is 8.42 Å². The number of carbonyl (C=O) groups excluding carboxylic acids is 2. The van der Waals surface area contributed by atoms with Gasteiger partial charge in [0, 0.05) is 44.7 Å². The molecule has 1 saturated carbocycles. The summed E-state index contributed by atoms with van der Waals surface area (Å²) in [5.74, 6) is 0.128. The zero-order valence-electron chi connectivity index (χ0n) is 17.3. The lowest BCUT2D eigenvalue weighted by atomic mass is 9.85. The molecule has 4 atom stereocenters. The van der Waals surface area contributed by atoms with Crippen LogP contribution in [0.25, 0.3) is 6.08 Å². The molecule has 1 aromatic carbocycles. The van der Waals surface area contributed by atoms with Gasteiger partial charge in [-0.05, 0) is 29.9 Å². The van der Waals surface area contributed by atoms with Crippen molar-refractivity contribution in [2.45, 2.75) is 6.42 Å². The van der Waals surface area contributed by atoms with Gasteiger partial charge in [-0.15, -0.1) is 0 Å². The van der Waals surface area contributed by atoms with E-state index in [0.717, 1.165) is 12.0 Å². The standard InChI is InChI=1S/C23H27N3O4S/c27-22-20-18-6-7-19(16-18)21(20)23(28)26(22)14-11-24-9-12-25(13-10-24)31(29,30)15-8-17-4-2-1-3-5-17/h1-8,15,18-21H,9-14,16H2/b15-8-/t18-,19-,20-,21+/m0/s1. The van der Waals surface area contributed by atoms with Gasteiger partial charge in [-0.1, -0.05) is 42.5 Å². The highest BCUT2D eigenvalue weighted by Gasteiger charge is 2.59. The van der Waals surface area contributed by atoms with Crippen molar-refractivity contribution in [1.29, 1.82) is 0 Å². The van der Waals surface area contributed by atoms with Crippen LogP contribution in [-0.4, -0.2) is 73.6 Å². The third-order valence-corrected chi connectivity index (χ3v) is 8.69. The van der Waals surface area contributed by atoms with E-state index in [9.17, 15) is 18.0 Å². The molecule has 0 radical (unpaired) electrons. The molecule has 2 heterocycles. The van der Waals surface area contributed by atoms with E-state index in [2.05, 4.69) is 17.1 Å². The number of hydrogen-bond donors (Lipinski definition) is 0. The van der Waals surface area contributed by atoms with Gasteiger partial charge in [0.1, 0.15) is 0 Å². The fraction of sp³-hybridized carbons (Fsp3) is 0.478. The number of amides is 2. The summed E-state index contributed by atoms with van der Waals surface area (Å²) < 4.78 is 26.7. The predicted molar refractivity (Wildman–Crippen MR) is 117 cm³/mol. The van der Waals surface area contributed by atoms with E-state index in [-0.39, 0.29) is 35.5 Å². The minimum atomic E-state index is -3.47. The summed E-state index contributed by atoms with van der Waals surface area (Å²) in [5.41, 5.74) is 0.845. The number of rotatable bonds is 6. The molecule has 1 aromatic rings. The molecule has 31 heavy (non-hydrogen) atoms. The summed E-state index contributed by atoms with van der Waals surface area (Å²) in [6.07, 6.45) is 6.76. The maximum absolute atomic E-state index is 12.8. The minimum absolute atomic E-state index is 0.0147. The molecule has 5 rings (SSSR count). The smallest absolute Gasteiger partial charge is 0.236 e. The Morgan fingerprint density at radius 3 is 2.10 bits per heavy atom. The Bertz CT molecular complexity index is 998. The lowest BCUT2D eigenvalue weighted by molar-refractivity contribution is -0.140. The van der Waals surface area contributed by atoms with Crippen molar-refractivity contribution in [3.8, 4) is 0 Å². The molecule has 7 nitrogen and oxygen atoms in total. The van der Waals surface area contributed by atoms with Gasteiger partial charge in [0.15, 0.2) is 0 Å². The molecule has 0 unspecified atom stereocenters. The van der Waals surface area contributed by atoms with Gasteiger partial charge in [0.2, 0.25) is 21.8 Å². The number of fused-ring (bicyclic) bond motifs is 5. The van der Waals surface area contributed by atoms with Crippen LogP contribution in [0.15, 0.2) is 47.9 Å². The number of benzene rings is 1. The van der Waals surface area contributed by atoms with Crippen molar-refractivity contribution in [3.63, 3.8) is 0 Å². The van der Waals surface area contributed by atoms with Crippen LogP contribution in [0.1, 0.15) is 12.0 Å². The molecule has 2 aliphatic carbocycles. The van der Waals surface area contributed by atoms with E-state index >= 15 is 0 Å². The van der Waals surface area contributed by atoms with Crippen LogP contribution in [0, 0.1) is 23.7 Å². The number of nitrogens with zero attached hydrogens (tertiary/aromatic N) is 3. The van der Waals surface area contributed by atoms with E-state index < -0.39 is 10.0 Å². The average Bonchev–Trinajstić information content (AvgIpc) is 3.46. The fourth-order valence-corrected chi connectivity index (χ4v) is 6.62. The molecule has 0 aromatic heterocycles. The van der Waals surface area contributed by atoms with Crippen LogP contribution in [0.5, 0.6) is 0 Å². The Morgan fingerprint density at radius 1 is 0.871 bits per heavy atom. The number of imide groups is 1. The third-order valence-electron chi connectivity index (χ3n) is 7.12. The van der Waals surface area contributed by atoms with Gasteiger partial charge in [0.05, 0.1) is 11.8 Å². The number of likely N-dealkylation sites (tertiary alicyclic amines) is 1. The Balaban J connectivity index is 1.13. The van der Waals surface area contributed by atoms with Gasteiger partial charge in [-0.3, -0.25) is 19.4 Å². The van der Waals surface area contributed by atoms with Crippen molar-refractivity contribution in [3.05, 3.63) is 53.5 Å². The van der Waals surface area contributed by atoms with Crippen LogP contribution in [-0.2, 0) is 19.6 Å². The first kappa shape index (κ1) is 20.6. The first-order valence-electron chi connectivity index (χ1n) is 10.9. The molecule has 0 spiro atoms. The Kier molecular flexibility index (Phi) is 5.32. The fourth-order valence-electron chi connectivity index (χ4n) is 5.45. The molecule has 4 aliphatic rings. The summed E-state index contributed by atoms with van der Waals surface area (Å²) in [6, 6.07) is 9.35. The number of sulfonamides is 1. The Hall–Kier alpha value is -2.29. The lowest BCUT2D eigenvalue weighted by Crippen LogP contribution is -2.50. The number of piperazine rings is 1. The van der Waals surface area contributed by atoms with Crippen LogP contribution in [0.3, 0.4) is 0 Å². The zero-order chi connectivity index (χ0) is 21.6. The number of allylic oxidation sites excluding steroid dienone is 2. The quantitative estimate of drug-likeness (QED) is 0.493. The van der Waals surface area contributed by atoms with Crippen molar-refractivity contribution in [2.75, 3.05) is 39.3 Å². The predicted octanol–water partition coefficient (Wildman–Crippen LogP) is 1.41. The number of hydrogen-bond acceptors (Lipinski definition) is 5. The van der Waals surface area contributed by atoms with E-state index in [1.54, 1.807) is 6.08 Å². The van der Waals surface area contributed by atoms with Crippen LogP contribution in [0.4, 0.5) is 0 Å². The summed E-state index contributed by atoms with van der Waals surface area (Å²) in [7, 11) is -3.47. The van der Waals surface area contributed by atoms with Crippen molar-refractivity contribution in [1.82, 2.24) is 14.1 Å². The van der Waals surface area contributed by atoms with Crippen LogP contribution in [0.2, 0.25) is 0 Å². The summed E-state index contributed by atoms with van der Waals surface area (Å²) in [6.45, 7) is 2.98. The first-order valence-corrected chi connectivity index (χ1v) is 12.4. The highest BCUT2D eigenvalue weighted by molar-refractivity contribution is 7.92. The van der Waals surface area contributed by atoms with E-state index in [0.29, 0.717) is 39.3 Å². The van der Waals surface area contributed by atoms with Gasteiger partial charge in [-0.2, -0.15) is 4.31 Å². The monoisotopic (exact) mass is 441 g/mol. The molecule has 0 N–H and O–H groups in total. The Morgan fingerprint density at radius 2 is 1.48 bits per heavy atom. The maximum Gasteiger partial charge on any atom is 0.236 e. The molecular formula is C23H27N3O4S. The summed E-state index contributed by atoms with van der Waals surface area (Å²) in [5, 5.41) is 1.26. The molecule has 2 saturated heterocycles. The molecule has 8 heteroatoms. The normalized spacial score (nSPS) is 31.3. The molecule has 164 valence electrons. The number of carbonyl (C=O) groups is 2. The van der Waals surface area contributed by atoms with Crippen LogP contribution < -0.4 is 0 Å². The van der Waals surface area contributed by atoms with Gasteiger partial charge >= 0.3 is 0 Å². The molecule has 3 fully saturated rings. The second-order valence-electron chi connectivity index (χ2n) is 8.83. The second kappa shape index (κ2) is 8.00. The molecule has 2 aliphatic heterocycles. The molecule has 2 bridgehead atoms. The Labute approximate surface area is 183 Å². The van der Waals surface area contributed by atoms with Crippen molar-refractivity contribution >= 4 is 27.9 Å². The zero-order valence-corrected chi connectivity index (χ0v) is 18.2. The summed E-state index contributed by atoms with van der Waals surface area (Å²) >= 11 is 0. The van der Waals surface area contributed by atoms with Crippen molar-refractivity contribution < 1.29 is 18.0 Å². The summed E-state index contributed by atoms with van der Waals surface area (Å²) in [4.78, 5) is 29.2. The van der Waals surface area contributed by atoms with Gasteiger partial charge in [0.25, 0.3) is 0 Å². The molecule has 2 amide bonds. The largest absolute Gasteiger partial charge is 0.299 e. The van der Waals surface area contributed by atoms with E-state index in [1.807, 2.05) is 30.3 Å². The lowest BCUT2D eigenvalue weighted by Gasteiger charge is -2.34.